The monoisotopic (exact) mass is 227 g/mol. The first-order valence-electron chi connectivity index (χ1n) is 6.74. The van der Waals surface area contributed by atoms with Gasteiger partial charge in [0, 0.05) is 19.1 Å². The summed E-state index contributed by atoms with van der Waals surface area (Å²) in [5, 5.41) is 3.28. The van der Waals surface area contributed by atoms with Crippen LogP contribution in [0.2, 0.25) is 0 Å². The van der Waals surface area contributed by atoms with Gasteiger partial charge in [-0.2, -0.15) is 0 Å². The van der Waals surface area contributed by atoms with Crippen LogP contribution in [0, 0.1) is 5.92 Å². The molecule has 96 valence electrons. The molecule has 1 heterocycles. The first kappa shape index (κ1) is 13.9. The Labute approximate surface area is 101 Å². The maximum Gasteiger partial charge on any atom is 0.0220 e. The molecule has 1 aliphatic heterocycles. The molecular formula is C13H29N3. The highest BCUT2D eigenvalue weighted by Crippen LogP contribution is 2.13. The number of hydrogen-bond acceptors (Lipinski definition) is 3. The average molecular weight is 227 g/mol. The summed E-state index contributed by atoms with van der Waals surface area (Å²) in [6, 6.07) is 0.756. The first-order chi connectivity index (χ1) is 7.67. The normalized spacial score (nSPS) is 26.6. The first-order valence-corrected chi connectivity index (χ1v) is 6.74. The zero-order valence-corrected chi connectivity index (χ0v) is 11.5. The Morgan fingerprint density at radius 2 is 2.12 bits per heavy atom. The molecule has 2 atom stereocenters. The second-order valence-corrected chi connectivity index (χ2v) is 5.34. The molecule has 3 heteroatoms. The lowest BCUT2D eigenvalue weighted by molar-refractivity contribution is 0.161. The largest absolute Gasteiger partial charge is 0.319 e. The van der Waals surface area contributed by atoms with Crippen LogP contribution in [-0.4, -0.2) is 62.7 Å². The van der Waals surface area contributed by atoms with Crippen LogP contribution in [0.5, 0.6) is 0 Å². The molecule has 3 nitrogen and oxygen atoms in total. The van der Waals surface area contributed by atoms with Gasteiger partial charge in [0.15, 0.2) is 0 Å². The summed E-state index contributed by atoms with van der Waals surface area (Å²) >= 11 is 0. The predicted octanol–water partition coefficient (Wildman–Crippen LogP) is 1.26. The number of nitrogens with one attached hydrogen (secondary N) is 1. The Balaban J connectivity index is 2.47. The van der Waals surface area contributed by atoms with Gasteiger partial charge < -0.3 is 10.2 Å². The molecular weight excluding hydrogens is 198 g/mol. The van der Waals surface area contributed by atoms with E-state index in [9.17, 15) is 0 Å². The van der Waals surface area contributed by atoms with E-state index in [-0.39, 0.29) is 0 Å². The second-order valence-electron chi connectivity index (χ2n) is 5.34. The van der Waals surface area contributed by atoms with Crippen molar-refractivity contribution in [2.24, 2.45) is 5.92 Å². The highest BCUT2D eigenvalue weighted by molar-refractivity contribution is 4.79. The van der Waals surface area contributed by atoms with Crippen molar-refractivity contribution in [2.75, 3.05) is 46.8 Å². The molecule has 0 aromatic carbocycles. The SMILES string of the molecule is CCC1CN(C)CCCN1CC(C)CNC. The van der Waals surface area contributed by atoms with Crippen molar-refractivity contribution in [3.63, 3.8) is 0 Å². The van der Waals surface area contributed by atoms with Crippen LogP contribution in [0.15, 0.2) is 0 Å². The van der Waals surface area contributed by atoms with Crippen LogP contribution in [-0.2, 0) is 0 Å². The Kier molecular flexibility index (Phi) is 6.32. The van der Waals surface area contributed by atoms with E-state index in [0.29, 0.717) is 0 Å². The van der Waals surface area contributed by atoms with Crippen molar-refractivity contribution in [2.45, 2.75) is 32.7 Å². The van der Waals surface area contributed by atoms with E-state index >= 15 is 0 Å². The van der Waals surface area contributed by atoms with E-state index in [4.69, 9.17) is 0 Å². The fourth-order valence-electron chi connectivity index (χ4n) is 2.73. The fraction of sp³-hybridized carbons (Fsp3) is 1.00. The smallest absolute Gasteiger partial charge is 0.0220 e. The molecule has 0 aromatic rings. The maximum absolute atomic E-state index is 3.28. The molecule has 1 rings (SSSR count). The minimum absolute atomic E-state index is 0.752. The molecule has 2 unspecified atom stereocenters. The molecule has 1 aliphatic rings. The lowest BCUT2D eigenvalue weighted by Crippen LogP contribution is -2.43. The van der Waals surface area contributed by atoms with Gasteiger partial charge in [-0.05, 0) is 52.5 Å². The molecule has 0 saturated carbocycles. The topological polar surface area (TPSA) is 18.5 Å². The van der Waals surface area contributed by atoms with E-state index in [1.807, 2.05) is 7.05 Å². The minimum atomic E-state index is 0.752. The molecule has 1 fully saturated rings. The second kappa shape index (κ2) is 7.25. The van der Waals surface area contributed by atoms with Gasteiger partial charge in [0.05, 0.1) is 0 Å². The van der Waals surface area contributed by atoms with Gasteiger partial charge in [0.2, 0.25) is 0 Å². The third-order valence-corrected chi connectivity index (χ3v) is 3.59. The summed E-state index contributed by atoms with van der Waals surface area (Å²) in [6.07, 6.45) is 2.59. The van der Waals surface area contributed by atoms with Gasteiger partial charge >= 0.3 is 0 Å². The van der Waals surface area contributed by atoms with Crippen LogP contribution >= 0.6 is 0 Å². The third-order valence-electron chi connectivity index (χ3n) is 3.59. The molecule has 0 aromatic heterocycles. The molecule has 0 spiro atoms. The van der Waals surface area contributed by atoms with E-state index < -0.39 is 0 Å². The van der Waals surface area contributed by atoms with Crippen molar-refractivity contribution in [3.05, 3.63) is 0 Å². The predicted molar refractivity (Wildman–Crippen MR) is 70.9 cm³/mol. The van der Waals surface area contributed by atoms with Crippen molar-refractivity contribution < 1.29 is 0 Å². The Morgan fingerprint density at radius 3 is 2.75 bits per heavy atom. The van der Waals surface area contributed by atoms with Gasteiger partial charge in [-0.1, -0.05) is 13.8 Å². The molecule has 0 bridgehead atoms. The van der Waals surface area contributed by atoms with Gasteiger partial charge in [-0.25, -0.2) is 0 Å². The standard InChI is InChI=1S/C13H29N3/c1-5-13-11-15(4)7-6-8-16(13)10-12(2)9-14-3/h12-14H,5-11H2,1-4H3. The summed E-state index contributed by atoms with van der Waals surface area (Å²) in [6.45, 7) is 10.8. The molecule has 1 N–H and O–H groups in total. The third kappa shape index (κ3) is 4.40. The molecule has 0 aliphatic carbocycles. The number of nitrogens with zero attached hydrogens (tertiary/aromatic N) is 2. The van der Waals surface area contributed by atoms with Crippen molar-refractivity contribution in [1.29, 1.82) is 0 Å². The summed E-state index contributed by atoms with van der Waals surface area (Å²) in [4.78, 5) is 5.18. The highest BCUT2D eigenvalue weighted by Gasteiger charge is 2.22. The van der Waals surface area contributed by atoms with Crippen LogP contribution < -0.4 is 5.32 Å². The number of likely N-dealkylation sites (N-methyl/N-ethyl adjacent to an activating group) is 1. The van der Waals surface area contributed by atoms with E-state index in [0.717, 1.165) is 18.5 Å². The van der Waals surface area contributed by atoms with Crippen LogP contribution in [0.25, 0.3) is 0 Å². The number of rotatable bonds is 5. The van der Waals surface area contributed by atoms with Gasteiger partial charge in [0.25, 0.3) is 0 Å². The lowest BCUT2D eigenvalue weighted by atomic mass is 10.1. The summed E-state index contributed by atoms with van der Waals surface area (Å²) in [5.74, 6) is 0.752. The zero-order chi connectivity index (χ0) is 12.0. The average Bonchev–Trinajstić information content (AvgIpc) is 2.41. The van der Waals surface area contributed by atoms with E-state index in [2.05, 4.69) is 36.0 Å². The van der Waals surface area contributed by atoms with E-state index in [1.165, 1.54) is 39.0 Å². The molecule has 0 radical (unpaired) electrons. The van der Waals surface area contributed by atoms with Crippen LogP contribution in [0.3, 0.4) is 0 Å². The fourth-order valence-corrected chi connectivity index (χ4v) is 2.73. The zero-order valence-electron chi connectivity index (χ0n) is 11.5. The van der Waals surface area contributed by atoms with E-state index in [1.54, 1.807) is 0 Å². The molecule has 0 amide bonds. The summed E-state index contributed by atoms with van der Waals surface area (Å²) in [5.41, 5.74) is 0. The molecule has 16 heavy (non-hydrogen) atoms. The lowest BCUT2D eigenvalue weighted by Gasteiger charge is -2.32. The maximum atomic E-state index is 3.28. The summed E-state index contributed by atoms with van der Waals surface area (Å²) < 4.78 is 0. The van der Waals surface area contributed by atoms with Crippen molar-refractivity contribution in [1.82, 2.24) is 15.1 Å². The van der Waals surface area contributed by atoms with Crippen molar-refractivity contribution >= 4 is 0 Å². The van der Waals surface area contributed by atoms with Gasteiger partial charge in [-0.3, -0.25) is 4.90 Å². The summed E-state index contributed by atoms with van der Waals surface area (Å²) in [7, 11) is 4.30. The van der Waals surface area contributed by atoms with Gasteiger partial charge in [0.1, 0.15) is 0 Å². The Morgan fingerprint density at radius 1 is 1.38 bits per heavy atom. The van der Waals surface area contributed by atoms with Crippen LogP contribution in [0.4, 0.5) is 0 Å². The quantitative estimate of drug-likeness (QED) is 0.763. The Hall–Kier alpha value is -0.120. The highest BCUT2D eigenvalue weighted by atomic mass is 15.2. The van der Waals surface area contributed by atoms with Gasteiger partial charge in [-0.15, -0.1) is 0 Å². The molecule has 1 saturated heterocycles. The van der Waals surface area contributed by atoms with Crippen LogP contribution in [0.1, 0.15) is 26.7 Å². The minimum Gasteiger partial charge on any atom is -0.319 e. The number of hydrogen-bond donors (Lipinski definition) is 1. The Bertz CT molecular complexity index is 184. The van der Waals surface area contributed by atoms with Crippen molar-refractivity contribution in [3.8, 4) is 0 Å².